The Morgan fingerprint density at radius 2 is 1.03 bits per heavy atom. The van der Waals surface area contributed by atoms with E-state index in [1.54, 1.807) is 0 Å². The van der Waals surface area contributed by atoms with E-state index in [4.69, 9.17) is 9.47 Å². The average molecular weight is 495 g/mol. The lowest BCUT2D eigenvalue weighted by molar-refractivity contribution is -0.167. The highest BCUT2D eigenvalue weighted by molar-refractivity contribution is 5.82. The monoisotopic (exact) mass is 494 g/mol. The Hall–Kier alpha value is -1.06. The Labute approximate surface area is 217 Å². The summed E-state index contributed by atoms with van der Waals surface area (Å²) in [4.78, 5) is 25.3. The van der Waals surface area contributed by atoms with Gasteiger partial charge in [-0.1, -0.05) is 130 Å². The lowest BCUT2D eigenvalue weighted by atomic mass is 9.79. The van der Waals surface area contributed by atoms with Crippen LogP contribution in [0.1, 0.15) is 156 Å². The first kappa shape index (κ1) is 32.0. The van der Waals surface area contributed by atoms with Crippen molar-refractivity contribution >= 4 is 11.9 Å². The molecule has 0 N–H and O–H groups in total. The van der Waals surface area contributed by atoms with E-state index < -0.39 is 0 Å². The SMILES string of the molecule is CCCCCCCCCCCCCCCCCCOC(=O)C1CCCCC1C(=O)OC(C)C(C)C. The first-order valence-electron chi connectivity index (χ1n) is 15.3. The van der Waals surface area contributed by atoms with Crippen LogP contribution in [0.4, 0.5) is 0 Å². The number of unbranched alkanes of at least 4 members (excludes halogenated alkanes) is 15. The van der Waals surface area contributed by atoms with Crippen LogP contribution in [0.25, 0.3) is 0 Å². The Bertz CT molecular complexity index is 530. The van der Waals surface area contributed by atoms with Gasteiger partial charge < -0.3 is 9.47 Å². The zero-order valence-electron chi connectivity index (χ0n) is 23.8. The molecule has 0 saturated heterocycles. The van der Waals surface area contributed by atoms with Gasteiger partial charge in [0.25, 0.3) is 0 Å². The van der Waals surface area contributed by atoms with Gasteiger partial charge in [0.2, 0.25) is 0 Å². The molecule has 0 aromatic heterocycles. The van der Waals surface area contributed by atoms with Gasteiger partial charge in [0.15, 0.2) is 0 Å². The topological polar surface area (TPSA) is 52.6 Å². The molecule has 1 aliphatic rings. The van der Waals surface area contributed by atoms with Gasteiger partial charge in [-0.2, -0.15) is 0 Å². The predicted molar refractivity (Wildman–Crippen MR) is 146 cm³/mol. The summed E-state index contributed by atoms with van der Waals surface area (Å²) in [7, 11) is 0. The minimum atomic E-state index is -0.330. The van der Waals surface area contributed by atoms with Crippen molar-refractivity contribution < 1.29 is 19.1 Å². The molecule has 0 aromatic carbocycles. The molecule has 3 atom stereocenters. The molecule has 1 aliphatic carbocycles. The smallest absolute Gasteiger partial charge is 0.310 e. The zero-order valence-corrected chi connectivity index (χ0v) is 23.8. The Morgan fingerprint density at radius 3 is 1.46 bits per heavy atom. The third-order valence-corrected chi connectivity index (χ3v) is 7.85. The average Bonchev–Trinajstić information content (AvgIpc) is 2.85. The summed E-state index contributed by atoms with van der Waals surface area (Å²) >= 11 is 0. The van der Waals surface area contributed by atoms with Gasteiger partial charge in [-0.15, -0.1) is 0 Å². The van der Waals surface area contributed by atoms with Crippen LogP contribution < -0.4 is 0 Å². The van der Waals surface area contributed by atoms with Crippen molar-refractivity contribution in [3.05, 3.63) is 0 Å². The predicted octanol–water partition coefficient (Wildman–Crippen LogP) is 9.19. The molecule has 0 spiro atoms. The van der Waals surface area contributed by atoms with Crippen molar-refractivity contribution in [2.24, 2.45) is 17.8 Å². The highest BCUT2D eigenvalue weighted by atomic mass is 16.5. The number of esters is 2. The quantitative estimate of drug-likeness (QED) is 0.118. The molecule has 0 aromatic rings. The zero-order chi connectivity index (χ0) is 25.7. The van der Waals surface area contributed by atoms with Crippen LogP contribution in [-0.2, 0) is 19.1 Å². The lowest BCUT2D eigenvalue weighted by Crippen LogP contribution is -2.37. The van der Waals surface area contributed by atoms with Gasteiger partial charge in [0, 0.05) is 0 Å². The summed E-state index contributed by atoms with van der Waals surface area (Å²) in [6, 6.07) is 0. The van der Waals surface area contributed by atoms with Crippen LogP contribution in [0.2, 0.25) is 0 Å². The first-order valence-corrected chi connectivity index (χ1v) is 15.3. The van der Waals surface area contributed by atoms with Gasteiger partial charge >= 0.3 is 11.9 Å². The van der Waals surface area contributed by atoms with E-state index in [9.17, 15) is 9.59 Å². The Balaban J connectivity index is 2.01. The third-order valence-electron chi connectivity index (χ3n) is 7.85. The van der Waals surface area contributed by atoms with Gasteiger partial charge in [-0.25, -0.2) is 0 Å². The van der Waals surface area contributed by atoms with Crippen molar-refractivity contribution in [1.29, 1.82) is 0 Å². The summed E-state index contributed by atoms with van der Waals surface area (Å²) in [5.41, 5.74) is 0. The van der Waals surface area contributed by atoms with Crippen LogP contribution in [0.15, 0.2) is 0 Å². The summed E-state index contributed by atoms with van der Waals surface area (Å²) in [5, 5.41) is 0. The van der Waals surface area contributed by atoms with Gasteiger partial charge in [0.1, 0.15) is 6.10 Å². The number of rotatable bonds is 21. The van der Waals surface area contributed by atoms with Gasteiger partial charge in [0.05, 0.1) is 18.4 Å². The number of hydrogen-bond donors (Lipinski definition) is 0. The molecule has 4 heteroatoms. The van der Waals surface area contributed by atoms with Crippen LogP contribution in [0.5, 0.6) is 0 Å². The first-order chi connectivity index (χ1) is 17.0. The van der Waals surface area contributed by atoms with Crippen molar-refractivity contribution in [3.8, 4) is 0 Å². The molecule has 0 heterocycles. The number of carbonyl (C=O) groups is 2. The molecule has 0 aliphatic heterocycles. The number of hydrogen-bond acceptors (Lipinski definition) is 4. The van der Waals surface area contributed by atoms with Crippen molar-refractivity contribution in [2.45, 2.75) is 162 Å². The second-order valence-electron chi connectivity index (χ2n) is 11.4. The molecule has 1 rings (SSSR count). The molecule has 1 saturated carbocycles. The Morgan fingerprint density at radius 1 is 0.629 bits per heavy atom. The fraction of sp³-hybridized carbons (Fsp3) is 0.935. The number of ether oxygens (including phenoxy) is 2. The van der Waals surface area contributed by atoms with Crippen molar-refractivity contribution in [2.75, 3.05) is 6.61 Å². The molecular weight excluding hydrogens is 436 g/mol. The van der Waals surface area contributed by atoms with Gasteiger partial charge in [-0.05, 0) is 32.1 Å². The molecular formula is C31H58O4. The molecule has 0 amide bonds. The maximum atomic E-state index is 12.7. The van der Waals surface area contributed by atoms with E-state index in [0.29, 0.717) is 6.61 Å². The summed E-state index contributed by atoms with van der Waals surface area (Å²) < 4.78 is 11.2. The molecule has 3 unspecified atom stereocenters. The van der Waals surface area contributed by atoms with E-state index in [-0.39, 0.29) is 35.8 Å². The number of carbonyl (C=O) groups excluding carboxylic acids is 2. The highest BCUT2D eigenvalue weighted by Gasteiger charge is 2.38. The highest BCUT2D eigenvalue weighted by Crippen LogP contribution is 2.32. The molecule has 35 heavy (non-hydrogen) atoms. The lowest BCUT2D eigenvalue weighted by Gasteiger charge is -2.30. The van der Waals surface area contributed by atoms with E-state index in [0.717, 1.165) is 38.5 Å². The molecule has 0 bridgehead atoms. The van der Waals surface area contributed by atoms with E-state index >= 15 is 0 Å². The van der Waals surface area contributed by atoms with Crippen LogP contribution in [0.3, 0.4) is 0 Å². The van der Waals surface area contributed by atoms with Crippen LogP contribution >= 0.6 is 0 Å². The van der Waals surface area contributed by atoms with Crippen molar-refractivity contribution in [1.82, 2.24) is 0 Å². The molecule has 4 nitrogen and oxygen atoms in total. The standard InChI is InChI=1S/C31H58O4/c1-5-6-7-8-9-10-11-12-13-14-15-16-17-18-19-22-25-34-30(32)28-23-20-21-24-29(28)31(33)35-27(4)26(2)3/h26-29H,5-25H2,1-4H3. The minimum absolute atomic E-state index is 0.119. The maximum Gasteiger partial charge on any atom is 0.310 e. The fourth-order valence-corrected chi connectivity index (χ4v) is 5.03. The largest absolute Gasteiger partial charge is 0.465 e. The third kappa shape index (κ3) is 15.6. The summed E-state index contributed by atoms with van der Waals surface area (Å²) in [6.45, 7) is 8.78. The van der Waals surface area contributed by atoms with E-state index in [2.05, 4.69) is 6.92 Å². The van der Waals surface area contributed by atoms with Crippen LogP contribution in [-0.4, -0.2) is 24.6 Å². The minimum Gasteiger partial charge on any atom is -0.465 e. The normalized spacial score (nSPS) is 19.0. The molecule has 1 fully saturated rings. The maximum absolute atomic E-state index is 12.7. The van der Waals surface area contributed by atoms with Crippen molar-refractivity contribution in [3.63, 3.8) is 0 Å². The molecule has 206 valence electrons. The van der Waals surface area contributed by atoms with Crippen LogP contribution in [0, 0.1) is 17.8 Å². The van der Waals surface area contributed by atoms with E-state index in [1.807, 2.05) is 20.8 Å². The fourth-order valence-electron chi connectivity index (χ4n) is 5.03. The van der Waals surface area contributed by atoms with E-state index in [1.165, 1.54) is 89.9 Å². The second kappa shape index (κ2) is 21.1. The summed E-state index contributed by atoms with van der Waals surface area (Å²) in [6.07, 6.45) is 24.7. The molecule has 0 radical (unpaired) electrons. The summed E-state index contributed by atoms with van der Waals surface area (Å²) in [5.74, 6) is -0.775. The van der Waals surface area contributed by atoms with Gasteiger partial charge in [-0.3, -0.25) is 9.59 Å². The Kier molecular flexibility index (Phi) is 19.2. The second-order valence-corrected chi connectivity index (χ2v) is 11.4.